The Kier molecular flexibility index (Phi) is 3.58. The molecule has 2 unspecified atom stereocenters. The van der Waals surface area contributed by atoms with Gasteiger partial charge in [0, 0.05) is 23.6 Å². The molecule has 0 radical (unpaired) electrons. The maximum Gasteiger partial charge on any atom is 0.256 e. The molecule has 1 amide bonds. The predicted molar refractivity (Wildman–Crippen MR) is 74.5 cm³/mol. The van der Waals surface area contributed by atoms with Crippen molar-refractivity contribution in [1.82, 2.24) is 10.2 Å². The Labute approximate surface area is 120 Å². The Hall–Kier alpha value is -0.940. The quantitative estimate of drug-likeness (QED) is 0.859. The van der Waals surface area contributed by atoms with Crippen LogP contribution in [0.2, 0.25) is 0 Å². The van der Waals surface area contributed by atoms with Crippen LogP contribution in [0, 0.1) is 11.7 Å². The van der Waals surface area contributed by atoms with E-state index in [1.165, 1.54) is 6.07 Å². The lowest BCUT2D eigenvalue weighted by Gasteiger charge is -2.24. The van der Waals surface area contributed by atoms with Crippen molar-refractivity contribution in [2.24, 2.45) is 5.92 Å². The van der Waals surface area contributed by atoms with Crippen molar-refractivity contribution in [2.75, 3.05) is 19.6 Å². The minimum Gasteiger partial charge on any atom is -0.337 e. The second-order valence-corrected chi connectivity index (χ2v) is 6.21. The summed E-state index contributed by atoms with van der Waals surface area (Å²) in [6.45, 7) is 2.45. The van der Waals surface area contributed by atoms with Gasteiger partial charge in [0.2, 0.25) is 0 Å². The third-order valence-electron chi connectivity index (χ3n) is 4.05. The summed E-state index contributed by atoms with van der Waals surface area (Å²) < 4.78 is 14.5. The molecule has 2 atom stereocenters. The van der Waals surface area contributed by atoms with Crippen molar-refractivity contribution < 1.29 is 9.18 Å². The Morgan fingerprint density at radius 2 is 2.26 bits per heavy atom. The van der Waals surface area contributed by atoms with E-state index in [0.29, 0.717) is 18.5 Å². The number of carbonyl (C=O) groups is 1. The fourth-order valence-electron chi connectivity index (χ4n) is 3.04. The predicted octanol–water partition coefficient (Wildman–Crippen LogP) is 2.41. The summed E-state index contributed by atoms with van der Waals surface area (Å²) >= 11 is 3.28. The molecular formula is C14H16BrFN2O. The molecule has 1 N–H and O–H groups in total. The van der Waals surface area contributed by atoms with E-state index in [-0.39, 0.29) is 11.5 Å². The number of carbonyl (C=O) groups excluding carboxylic acids is 1. The number of benzene rings is 1. The number of fused-ring (bicyclic) bond motifs is 1. The highest BCUT2D eigenvalue weighted by Crippen LogP contribution is 2.27. The molecule has 2 saturated heterocycles. The molecule has 0 bridgehead atoms. The molecule has 3 nitrogen and oxygen atoms in total. The molecule has 2 aliphatic rings. The minimum absolute atomic E-state index is 0.160. The molecule has 19 heavy (non-hydrogen) atoms. The maximum atomic E-state index is 13.8. The van der Waals surface area contributed by atoms with Crippen LogP contribution < -0.4 is 5.32 Å². The summed E-state index contributed by atoms with van der Waals surface area (Å²) in [6.07, 6.45) is 2.32. The van der Waals surface area contributed by atoms with Gasteiger partial charge in [-0.15, -0.1) is 0 Å². The number of nitrogens with zero attached hydrogens (tertiary/aromatic N) is 1. The summed E-state index contributed by atoms with van der Waals surface area (Å²) in [6, 6.07) is 4.89. The summed E-state index contributed by atoms with van der Waals surface area (Å²) in [4.78, 5) is 14.2. The first-order chi connectivity index (χ1) is 9.15. The van der Waals surface area contributed by atoms with Crippen molar-refractivity contribution in [2.45, 2.75) is 18.9 Å². The maximum absolute atomic E-state index is 13.8. The number of hydrogen-bond acceptors (Lipinski definition) is 2. The van der Waals surface area contributed by atoms with Crippen molar-refractivity contribution >= 4 is 21.8 Å². The highest BCUT2D eigenvalue weighted by Gasteiger charge is 2.37. The average molecular weight is 327 g/mol. The summed E-state index contributed by atoms with van der Waals surface area (Å²) in [5, 5.41) is 3.45. The lowest BCUT2D eigenvalue weighted by atomic mass is 9.94. The SMILES string of the molecule is O=C(c1cc(Br)ccc1F)N1CC2CCCNC2C1. The van der Waals surface area contributed by atoms with Crippen molar-refractivity contribution in [3.05, 3.63) is 34.1 Å². The van der Waals surface area contributed by atoms with Gasteiger partial charge in [0.15, 0.2) is 0 Å². The van der Waals surface area contributed by atoms with Crippen LogP contribution in [0.4, 0.5) is 4.39 Å². The molecule has 102 valence electrons. The van der Waals surface area contributed by atoms with E-state index in [1.54, 1.807) is 17.0 Å². The van der Waals surface area contributed by atoms with Gasteiger partial charge in [0.25, 0.3) is 5.91 Å². The topological polar surface area (TPSA) is 32.3 Å². The van der Waals surface area contributed by atoms with E-state index in [0.717, 1.165) is 30.4 Å². The fourth-order valence-corrected chi connectivity index (χ4v) is 3.41. The van der Waals surface area contributed by atoms with Crippen LogP contribution in [0.15, 0.2) is 22.7 Å². The molecular weight excluding hydrogens is 311 g/mol. The number of nitrogens with one attached hydrogen (secondary N) is 1. The van der Waals surface area contributed by atoms with Crippen molar-refractivity contribution in [3.8, 4) is 0 Å². The molecule has 2 fully saturated rings. The zero-order valence-corrected chi connectivity index (χ0v) is 12.1. The highest BCUT2D eigenvalue weighted by atomic mass is 79.9. The molecule has 2 aliphatic heterocycles. The number of likely N-dealkylation sites (tertiary alicyclic amines) is 1. The van der Waals surface area contributed by atoms with Gasteiger partial charge in [0.05, 0.1) is 5.56 Å². The van der Waals surface area contributed by atoms with Crippen molar-refractivity contribution in [1.29, 1.82) is 0 Å². The third kappa shape index (κ3) is 2.54. The van der Waals surface area contributed by atoms with Crippen LogP contribution >= 0.6 is 15.9 Å². The van der Waals surface area contributed by atoms with Crippen LogP contribution in [0.5, 0.6) is 0 Å². The monoisotopic (exact) mass is 326 g/mol. The van der Waals surface area contributed by atoms with E-state index >= 15 is 0 Å². The van der Waals surface area contributed by atoms with Gasteiger partial charge in [-0.1, -0.05) is 15.9 Å². The molecule has 3 rings (SSSR count). The van der Waals surface area contributed by atoms with Gasteiger partial charge in [0.1, 0.15) is 5.82 Å². The molecule has 1 aromatic carbocycles. The molecule has 0 aliphatic carbocycles. The highest BCUT2D eigenvalue weighted by molar-refractivity contribution is 9.10. The van der Waals surface area contributed by atoms with Gasteiger partial charge >= 0.3 is 0 Å². The normalized spacial score (nSPS) is 26.3. The standard InChI is InChI=1S/C14H16BrFN2O/c15-10-3-4-12(16)11(6-10)14(19)18-7-9-2-1-5-17-13(9)8-18/h3-4,6,9,13,17H,1-2,5,7-8H2. The summed E-state index contributed by atoms with van der Waals surface area (Å²) in [5.74, 6) is -0.126. The Bertz CT molecular complexity index is 494. The fraction of sp³-hybridized carbons (Fsp3) is 0.500. The lowest BCUT2D eigenvalue weighted by Crippen LogP contribution is -2.41. The van der Waals surface area contributed by atoms with Crippen LogP contribution in [0.25, 0.3) is 0 Å². The number of halogens is 2. The van der Waals surface area contributed by atoms with Crippen LogP contribution in [-0.2, 0) is 0 Å². The number of amides is 1. The molecule has 0 aromatic heterocycles. The summed E-state index contributed by atoms with van der Waals surface area (Å²) in [5.41, 5.74) is 0.160. The Balaban J connectivity index is 1.79. The zero-order valence-electron chi connectivity index (χ0n) is 10.5. The number of piperidine rings is 1. The van der Waals surface area contributed by atoms with E-state index < -0.39 is 5.82 Å². The molecule has 2 heterocycles. The second kappa shape index (κ2) is 5.21. The molecule has 0 saturated carbocycles. The van der Waals surface area contributed by atoms with Gasteiger partial charge in [-0.2, -0.15) is 0 Å². The minimum atomic E-state index is -0.448. The third-order valence-corrected chi connectivity index (χ3v) is 4.54. The second-order valence-electron chi connectivity index (χ2n) is 5.30. The van der Waals surface area contributed by atoms with E-state index in [1.807, 2.05) is 0 Å². The van der Waals surface area contributed by atoms with Crippen LogP contribution in [0.3, 0.4) is 0 Å². The average Bonchev–Trinajstić information content (AvgIpc) is 2.84. The summed E-state index contributed by atoms with van der Waals surface area (Å²) in [7, 11) is 0. The molecule has 1 aromatic rings. The van der Waals surface area contributed by atoms with Crippen molar-refractivity contribution in [3.63, 3.8) is 0 Å². The Morgan fingerprint density at radius 3 is 3.05 bits per heavy atom. The first kappa shape index (κ1) is 13.1. The number of rotatable bonds is 1. The Morgan fingerprint density at radius 1 is 1.42 bits per heavy atom. The molecule has 5 heteroatoms. The van der Waals surface area contributed by atoms with E-state index in [4.69, 9.17) is 0 Å². The largest absolute Gasteiger partial charge is 0.337 e. The molecule has 0 spiro atoms. The van der Waals surface area contributed by atoms with E-state index in [9.17, 15) is 9.18 Å². The van der Waals surface area contributed by atoms with Gasteiger partial charge in [-0.3, -0.25) is 4.79 Å². The van der Waals surface area contributed by atoms with Crippen LogP contribution in [0.1, 0.15) is 23.2 Å². The first-order valence-electron chi connectivity index (χ1n) is 6.63. The van der Waals surface area contributed by atoms with Gasteiger partial charge in [-0.05, 0) is 43.5 Å². The van der Waals surface area contributed by atoms with E-state index in [2.05, 4.69) is 21.2 Å². The zero-order chi connectivity index (χ0) is 13.4. The smallest absolute Gasteiger partial charge is 0.256 e. The van der Waals surface area contributed by atoms with Crippen LogP contribution in [-0.4, -0.2) is 36.5 Å². The van der Waals surface area contributed by atoms with Gasteiger partial charge in [-0.25, -0.2) is 4.39 Å². The first-order valence-corrected chi connectivity index (χ1v) is 7.42. The lowest BCUT2D eigenvalue weighted by molar-refractivity contribution is 0.0781. The number of hydrogen-bond donors (Lipinski definition) is 1. The van der Waals surface area contributed by atoms with Gasteiger partial charge < -0.3 is 10.2 Å².